The van der Waals surface area contributed by atoms with Gasteiger partial charge in [-0.15, -0.1) is 0 Å². The Bertz CT molecular complexity index is 416. The zero-order chi connectivity index (χ0) is 13.2. The number of alkyl halides is 3. The standard InChI is InChI=1S/C12H13ClF3NO/c13-11-2-1-9(7-10(11)12(14,15)16)18-8-3-5-17-6-4-8/h1-2,7-8,17H,3-6H2. The molecule has 0 bridgehead atoms. The molecule has 0 saturated carbocycles. The average molecular weight is 280 g/mol. The maximum Gasteiger partial charge on any atom is 0.417 e. The Morgan fingerprint density at radius 2 is 1.89 bits per heavy atom. The van der Waals surface area contributed by atoms with Gasteiger partial charge in [0, 0.05) is 0 Å². The summed E-state index contributed by atoms with van der Waals surface area (Å²) in [6, 6.07) is 3.66. The van der Waals surface area contributed by atoms with Gasteiger partial charge in [0.25, 0.3) is 0 Å². The lowest BCUT2D eigenvalue weighted by molar-refractivity contribution is -0.137. The van der Waals surface area contributed by atoms with E-state index in [-0.39, 0.29) is 16.9 Å². The van der Waals surface area contributed by atoms with Crippen LogP contribution in [-0.4, -0.2) is 19.2 Å². The van der Waals surface area contributed by atoms with Gasteiger partial charge in [-0.05, 0) is 44.1 Å². The molecule has 1 heterocycles. The average Bonchev–Trinajstić information content (AvgIpc) is 2.31. The van der Waals surface area contributed by atoms with Gasteiger partial charge < -0.3 is 10.1 Å². The molecular weight excluding hydrogens is 267 g/mol. The summed E-state index contributed by atoms with van der Waals surface area (Å²) in [5.74, 6) is 0.221. The number of halogens is 4. The zero-order valence-electron chi connectivity index (χ0n) is 9.56. The summed E-state index contributed by atoms with van der Waals surface area (Å²) in [6.07, 6.45) is -2.90. The van der Waals surface area contributed by atoms with E-state index in [0.717, 1.165) is 32.0 Å². The molecule has 6 heteroatoms. The predicted molar refractivity (Wildman–Crippen MR) is 63.0 cm³/mol. The Morgan fingerprint density at radius 3 is 2.50 bits per heavy atom. The summed E-state index contributed by atoms with van der Waals surface area (Å²) >= 11 is 5.54. The minimum absolute atomic E-state index is 0.0338. The molecule has 1 saturated heterocycles. The van der Waals surface area contributed by atoms with E-state index in [2.05, 4.69) is 5.32 Å². The van der Waals surface area contributed by atoms with Crippen molar-refractivity contribution in [3.63, 3.8) is 0 Å². The smallest absolute Gasteiger partial charge is 0.417 e. The highest BCUT2D eigenvalue weighted by Crippen LogP contribution is 2.37. The fourth-order valence-electron chi connectivity index (χ4n) is 1.90. The van der Waals surface area contributed by atoms with Gasteiger partial charge in [0.2, 0.25) is 0 Å². The van der Waals surface area contributed by atoms with Gasteiger partial charge in [-0.2, -0.15) is 13.2 Å². The number of hydrogen-bond donors (Lipinski definition) is 1. The van der Waals surface area contributed by atoms with E-state index in [1.54, 1.807) is 0 Å². The molecule has 1 aromatic rings. The summed E-state index contributed by atoms with van der Waals surface area (Å²) in [5, 5.41) is 2.86. The lowest BCUT2D eigenvalue weighted by Gasteiger charge is -2.24. The quantitative estimate of drug-likeness (QED) is 0.895. The fraction of sp³-hybridized carbons (Fsp3) is 0.500. The molecule has 2 rings (SSSR count). The number of nitrogens with one attached hydrogen (secondary N) is 1. The van der Waals surface area contributed by atoms with Gasteiger partial charge in [0.05, 0.1) is 10.6 Å². The molecule has 0 spiro atoms. The molecule has 1 fully saturated rings. The Balaban J connectivity index is 2.14. The Morgan fingerprint density at radius 1 is 1.22 bits per heavy atom. The topological polar surface area (TPSA) is 21.3 Å². The van der Waals surface area contributed by atoms with Crippen LogP contribution in [0.25, 0.3) is 0 Å². The number of hydrogen-bond acceptors (Lipinski definition) is 2. The normalized spacial score (nSPS) is 17.8. The van der Waals surface area contributed by atoms with Crippen LogP contribution in [0.15, 0.2) is 18.2 Å². The van der Waals surface area contributed by atoms with Gasteiger partial charge in [-0.25, -0.2) is 0 Å². The maximum absolute atomic E-state index is 12.7. The summed E-state index contributed by atoms with van der Waals surface area (Å²) in [7, 11) is 0. The summed E-state index contributed by atoms with van der Waals surface area (Å²) < 4.78 is 43.5. The van der Waals surface area contributed by atoms with Gasteiger partial charge in [-0.3, -0.25) is 0 Å². The Labute approximate surface area is 108 Å². The summed E-state index contributed by atoms with van der Waals surface area (Å²) in [5.41, 5.74) is -0.851. The van der Waals surface area contributed by atoms with E-state index >= 15 is 0 Å². The molecule has 1 aromatic carbocycles. The van der Waals surface area contributed by atoms with Crippen molar-refractivity contribution >= 4 is 11.6 Å². The molecule has 2 nitrogen and oxygen atoms in total. The third kappa shape index (κ3) is 3.29. The molecule has 0 aromatic heterocycles. The van der Waals surface area contributed by atoms with Crippen LogP contribution >= 0.6 is 11.6 Å². The van der Waals surface area contributed by atoms with Crippen LogP contribution in [0.5, 0.6) is 5.75 Å². The van der Waals surface area contributed by atoms with Crippen molar-refractivity contribution in [1.29, 1.82) is 0 Å². The largest absolute Gasteiger partial charge is 0.490 e. The van der Waals surface area contributed by atoms with Crippen molar-refractivity contribution in [2.24, 2.45) is 0 Å². The van der Waals surface area contributed by atoms with E-state index in [1.165, 1.54) is 12.1 Å². The molecule has 0 aliphatic carbocycles. The number of rotatable bonds is 2. The van der Waals surface area contributed by atoms with E-state index in [0.29, 0.717) is 0 Å². The first-order valence-electron chi connectivity index (χ1n) is 5.71. The van der Waals surface area contributed by atoms with Crippen molar-refractivity contribution in [1.82, 2.24) is 5.32 Å². The minimum atomic E-state index is -4.45. The second-order valence-corrected chi connectivity index (χ2v) is 4.61. The Kier molecular flexibility index (Phi) is 4.02. The van der Waals surface area contributed by atoms with Crippen molar-refractivity contribution < 1.29 is 17.9 Å². The highest BCUT2D eigenvalue weighted by Gasteiger charge is 2.33. The third-order valence-corrected chi connectivity index (χ3v) is 3.16. The Hall–Kier alpha value is -0.940. The van der Waals surface area contributed by atoms with Crippen molar-refractivity contribution in [3.05, 3.63) is 28.8 Å². The number of benzene rings is 1. The maximum atomic E-state index is 12.7. The van der Waals surface area contributed by atoms with Gasteiger partial charge in [-0.1, -0.05) is 11.6 Å². The molecule has 0 atom stereocenters. The van der Waals surface area contributed by atoms with E-state index in [4.69, 9.17) is 16.3 Å². The van der Waals surface area contributed by atoms with Crippen LogP contribution in [0.4, 0.5) is 13.2 Å². The predicted octanol–water partition coefficient (Wildman–Crippen LogP) is 3.49. The first-order valence-corrected chi connectivity index (χ1v) is 6.09. The van der Waals surface area contributed by atoms with Crippen molar-refractivity contribution in [2.75, 3.05) is 13.1 Å². The molecule has 18 heavy (non-hydrogen) atoms. The van der Waals surface area contributed by atoms with E-state index in [9.17, 15) is 13.2 Å². The van der Waals surface area contributed by atoms with Crippen LogP contribution in [0.1, 0.15) is 18.4 Å². The molecule has 0 radical (unpaired) electrons. The highest BCUT2D eigenvalue weighted by atomic mass is 35.5. The molecular formula is C12H13ClF3NO. The van der Waals surface area contributed by atoms with E-state index < -0.39 is 11.7 Å². The molecule has 1 aliphatic rings. The monoisotopic (exact) mass is 279 g/mol. The zero-order valence-corrected chi connectivity index (χ0v) is 10.3. The summed E-state index contributed by atoms with van der Waals surface area (Å²) in [6.45, 7) is 1.65. The lowest BCUT2D eigenvalue weighted by atomic mass is 10.1. The van der Waals surface area contributed by atoms with Crippen molar-refractivity contribution in [2.45, 2.75) is 25.1 Å². The van der Waals surface area contributed by atoms with Crippen LogP contribution in [0.3, 0.4) is 0 Å². The molecule has 1 N–H and O–H groups in total. The second-order valence-electron chi connectivity index (χ2n) is 4.21. The van der Waals surface area contributed by atoms with Crippen molar-refractivity contribution in [3.8, 4) is 5.75 Å². The number of ether oxygens (including phenoxy) is 1. The third-order valence-electron chi connectivity index (χ3n) is 2.83. The van der Waals surface area contributed by atoms with Gasteiger partial charge in [0.1, 0.15) is 11.9 Å². The molecule has 1 aliphatic heterocycles. The van der Waals surface area contributed by atoms with Crippen LogP contribution < -0.4 is 10.1 Å². The SMILES string of the molecule is FC(F)(F)c1cc(OC2CCNCC2)ccc1Cl. The van der Waals surface area contributed by atoms with Crippen LogP contribution in [0.2, 0.25) is 5.02 Å². The molecule has 0 amide bonds. The van der Waals surface area contributed by atoms with Crippen LogP contribution in [0, 0.1) is 0 Å². The lowest BCUT2D eigenvalue weighted by Crippen LogP contribution is -2.34. The fourth-order valence-corrected chi connectivity index (χ4v) is 2.13. The second kappa shape index (κ2) is 5.36. The minimum Gasteiger partial charge on any atom is -0.490 e. The molecule has 100 valence electrons. The van der Waals surface area contributed by atoms with E-state index in [1.807, 2.05) is 0 Å². The first-order chi connectivity index (χ1) is 8.47. The van der Waals surface area contributed by atoms with Gasteiger partial charge >= 0.3 is 6.18 Å². The number of piperidine rings is 1. The van der Waals surface area contributed by atoms with Crippen LogP contribution in [-0.2, 0) is 6.18 Å². The first kappa shape index (κ1) is 13.5. The molecule has 0 unspecified atom stereocenters. The summed E-state index contributed by atoms with van der Waals surface area (Å²) in [4.78, 5) is 0. The van der Waals surface area contributed by atoms with Gasteiger partial charge in [0.15, 0.2) is 0 Å². The highest BCUT2D eigenvalue weighted by molar-refractivity contribution is 6.31.